The fourth-order valence-electron chi connectivity index (χ4n) is 4.26. The van der Waals surface area contributed by atoms with Crippen LogP contribution in [0, 0.1) is 13.8 Å². The van der Waals surface area contributed by atoms with Crippen LogP contribution >= 0.6 is 12.2 Å². The Labute approximate surface area is 204 Å². The van der Waals surface area contributed by atoms with Crippen LogP contribution in [0.4, 0.5) is 5.69 Å². The molecule has 1 aromatic heterocycles. The highest BCUT2D eigenvalue weighted by Crippen LogP contribution is 2.28. The third-order valence-corrected chi connectivity index (χ3v) is 6.16. The summed E-state index contributed by atoms with van der Waals surface area (Å²) in [4.78, 5) is 27.6. The molecule has 6 nitrogen and oxygen atoms in total. The second-order valence-corrected chi connectivity index (χ2v) is 8.42. The minimum atomic E-state index is -0.508. The fraction of sp³-hybridized carbons (Fsp3) is 0.222. The monoisotopic (exact) mass is 473 g/mol. The molecular formula is C27H27N3O3S. The van der Waals surface area contributed by atoms with Crippen molar-refractivity contribution in [3.8, 4) is 11.4 Å². The number of amides is 2. The lowest BCUT2D eigenvalue weighted by atomic mass is 10.1. The molecule has 1 N–H and O–H groups in total. The number of para-hydroxylation sites is 1. The molecule has 3 aromatic rings. The van der Waals surface area contributed by atoms with Crippen LogP contribution < -0.4 is 15.0 Å². The Morgan fingerprint density at radius 1 is 1.03 bits per heavy atom. The summed E-state index contributed by atoms with van der Waals surface area (Å²) in [5, 5.41) is 2.70. The van der Waals surface area contributed by atoms with Gasteiger partial charge in [0, 0.05) is 23.1 Å². The number of hydrogen-bond donors (Lipinski definition) is 1. The fourth-order valence-corrected chi connectivity index (χ4v) is 4.54. The first-order valence-corrected chi connectivity index (χ1v) is 11.7. The summed E-state index contributed by atoms with van der Waals surface area (Å²) in [6, 6.07) is 17.3. The van der Waals surface area contributed by atoms with E-state index in [9.17, 15) is 9.59 Å². The van der Waals surface area contributed by atoms with Crippen LogP contribution in [-0.4, -0.2) is 28.1 Å². The van der Waals surface area contributed by atoms with Crippen molar-refractivity contribution in [3.05, 3.63) is 82.7 Å². The smallest absolute Gasteiger partial charge is 0.270 e. The van der Waals surface area contributed by atoms with Crippen LogP contribution in [0.25, 0.3) is 11.8 Å². The Bertz CT molecular complexity index is 1320. The number of ether oxygens (including phenoxy) is 1. The molecule has 34 heavy (non-hydrogen) atoms. The van der Waals surface area contributed by atoms with E-state index in [0.29, 0.717) is 18.0 Å². The van der Waals surface area contributed by atoms with E-state index in [4.69, 9.17) is 17.0 Å². The van der Waals surface area contributed by atoms with E-state index in [1.54, 1.807) is 24.3 Å². The quantitative estimate of drug-likeness (QED) is 0.315. The maximum atomic E-state index is 13.5. The number of hydrogen-bond acceptors (Lipinski definition) is 4. The summed E-state index contributed by atoms with van der Waals surface area (Å²) in [5.41, 5.74) is 5.65. The second-order valence-electron chi connectivity index (χ2n) is 8.03. The molecule has 1 fully saturated rings. The van der Waals surface area contributed by atoms with Crippen molar-refractivity contribution in [2.24, 2.45) is 0 Å². The maximum absolute atomic E-state index is 13.5. The van der Waals surface area contributed by atoms with E-state index >= 15 is 0 Å². The molecule has 0 saturated carbocycles. The van der Waals surface area contributed by atoms with Gasteiger partial charge >= 0.3 is 0 Å². The van der Waals surface area contributed by atoms with E-state index in [2.05, 4.69) is 28.9 Å². The normalized spacial score (nSPS) is 15.1. The largest absolute Gasteiger partial charge is 0.494 e. The lowest BCUT2D eigenvalue weighted by Crippen LogP contribution is -2.54. The average molecular weight is 474 g/mol. The molecule has 0 spiro atoms. The van der Waals surface area contributed by atoms with Gasteiger partial charge in [-0.25, -0.2) is 0 Å². The molecule has 2 heterocycles. The molecule has 1 saturated heterocycles. The van der Waals surface area contributed by atoms with E-state index in [1.807, 2.05) is 45.0 Å². The van der Waals surface area contributed by atoms with Crippen LogP contribution in [0.1, 0.15) is 36.4 Å². The van der Waals surface area contributed by atoms with Crippen LogP contribution in [0.2, 0.25) is 0 Å². The van der Waals surface area contributed by atoms with Gasteiger partial charge in [0.05, 0.1) is 12.3 Å². The van der Waals surface area contributed by atoms with E-state index in [1.165, 1.54) is 10.5 Å². The number of benzene rings is 2. The molecule has 0 atom stereocenters. The molecule has 0 aliphatic carbocycles. The Morgan fingerprint density at radius 3 is 2.53 bits per heavy atom. The van der Waals surface area contributed by atoms with Crippen molar-refractivity contribution in [1.82, 2.24) is 9.88 Å². The highest BCUT2D eigenvalue weighted by atomic mass is 32.1. The molecule has 4 rings (SSSR count). The van der Waals surface area contributed by atoms with Gasteiger partial charge in [-0.3, -0.25) is 19.8 Å². The molecule has 0 unspecified atom stereocenters. The number of anilines is 1. The van der Waals surface area contributed by atoms with Gasteiger partial charge in [-0.2, -0.15) is 0 Å². The summed E-state index contributed by atoms with van der Waals surface area (Å²) in [6.45, 7) is 8.52. The first kappa shape index (κ1) is 23.4. The molecule has 2 amide bonds. The zero-order chi connectivity index (χ0) is 24.4. The molecule has 1 aliphatic heterocycles. The predicted octanol–water partition coefficient (Wildman–Crippen LogP) is 4.89. The Kier molecular flexibility index (Phi) is 6.65. The molecule has 1 aliphatic rings. The second kappa shape index (κ2) is 9.65. The van der Waals surface area contributed by atoms with Crippen LogP contribution in [0.5, 0.6) is 5.75 Å². The zero-order valence-corrected chi connectivity index (χ0v) is 20.5. The molecular weight excluding hydrogens is 446 g/mol. The first-order valence-electron chi connectivity index (χ1n) is 11.3. The van der Waals surface area contributed by atoms with E-state index < -0.39 is 11.8 Å². The Balaban J connectivity index is 1.76. The number of aromatic nitrogens is 1. The summed E-state index contributed by atoms with van der Waals surface area (Å²) < 4.78 is 7.72. The standard InChI is InChI=1S/C27H27N3O3S/c1-5-19-10-7-8-13-24(19)29-17(3)14-20(18(29)4)15-23-25(31)28-27(34)30(26(23)32)21-11-9-12-22(16-21)33-6-2/h7-16H,5-6H2,1-4H3,(H,28,31,34)/b23-15+. The summed E-state index contributed by atoms with van der Waals surface area (Å²) in [6.07, 6.45) is 2.55. The first-order chi connectivity index (χ1) is 16.3. The van der Waals surface area contributed by atoms with Crippen LogP contribution in [0.3, 0.4) is 0 Å². The molecule has 174 valence electrons. The molecule has 0 radical (unpaired) electrons. The van der Waals surface area contributed by atoms with Crippen molar-refractivity contribution in [3.63, 3.8) is 0 Å². The summed E-state index contributed by atoms with van der Waals surface area (Å²) in [5.74, 6) is -0.358. The van der Waals surface area contributed by atoms with Gasteiger partial charge in [-0.05, 0) is 80.9 Å². The number of aryl methyl sites for hydroxylation is 2. The Hall–Kier alpha value is -3.71. The lowest BCUT2D eigenvalue weighted by Gasteiger charge is -2.29. The number of rotatable bonds is 6. The van der Waals surface area contributed by atoms with E-state index in [-0.39, 0.29) is 10.7 Å². The zero-order valence-electron chi connectivity index (χ0n) is 19.7. The number of nitrogens with zero attached hydrogens (tertiary/aromatic N) is 2. The van der Waals surface area contributed by atoms with Gasteiger partial charge in [-0.15, -0.1) is 0 Å². The van der Waals surface area contributed by atoms with Crippen molar-refractivity contribution >= 4 is 40.9 Å². The van der Waals surface area contributed by atoms with Crippen molar-refractivity contribution in [2.75, 3.05) is 11.5 Å². The van der Waals surface area contributed by atoms with Crippen LogP contribution in [-0.2, 0) is 16.0 Å². The van der Waals surface area contributed by atoms with Crippen molar-refractivity contribution in [1.29, 1.82) is 0 Å². The van der Waals surface area contributed by atoms with Gasteiger partial charge in [-0.1, -0.05) is 31.2 Å². The Morgan fingerprint density at radius 2 is 1.79 bits per heavy atom. The SMILES string of the molecule is CCOc1cccc(N2C(=O)/C(=C/c3cc(C)n(-c4ccccc4CC)c3C)C(=O)NC2=S)c1. The number of carbonyl (C=O) groups is 2. The predicted molar refractivity (Wildman–Crippen MR) is 138 cm³/mol. The van der Waals surface area contributed by atoms with Crippen molar-refractivity contribution < 1.29 is 14.3 Å². The van der Waals surface area contributed by atoms with Crippen molar-refractivity contribution in [2.45, 2.75) is 34.1 Å². The van der Waals surface area contributed by atoms with E-state index in [0.717, 1.165) is 29.1 Å². The van der Waals surface area contributed by atoms with Gasteiger partial charge in [0.15, 0.2) is 5.11 Å². The average Bonchev–Trinajstić information content (AvgIpc) is 3.09. The third kappa shape index (κ3) is 4.26. The highest BCUT2D eigenvalue weighted by Gasteiger charge is 2.35. The molecule has 7 heteroatoms. The van der Waals surface area contributed by atoms with Gasteiger partial charge in [0.2, 0.25) is 0 Å². The number of carbonyl (C=O) groups excluding carboxylic acids is 2. The van der Waals surface area contributed by atoms with Crippen LogP contribution in [0.15, 0.2) is 60.2 Å². The minimum absolute atomic E-state index is 0.0273. The third-order valence-electron chi connectivity index (χ3n) is 5.87. The lowest BCUT2D eigenvalue weighted by molar-refractivity contribution is -0.122. The number of nitrogens with one attached hydrogen (secondary N) is 1. The minimum Gasteiger partial charge on any atom is -0.494 e. The summed E-state index contributed by atoms with van der Waals surface area (Å²) in [7, 11) is 0. The maximum Gasteiger partial charge on any atom is 0.270 e. The van der Waals surface area contributed by atoms with Gasteiger partial charge < -0.3 is 9.30 Å². The highest BCUT2D eigenvalue weighted by molar-refractivity contribution is 7.80. The molecule has 2 aromatic carbocycles. The topological polar surface area (TPSA) is 63.6 Å². The molecule has 0 bridgehead atoms. The number of thiocarbonyl (C=S) groups is 1. The van der Waals surface area contributed by atoms with Gasteiger partial charge in [0.25, 0.3) is 11.8 Å². The summed E-state index contributed by atoms with van der Waals surface area (Å²) >= 11 is 5.33. The van der Waals surface area contributed by atoms with Gasteiger partial charge in [0.1, 0.15) is 11.3 Å².